The Morgan fingerprint density at radius 3 is 2.39 bits per heavy atom. The number of pyridine rings is 1. The molecule has 1 aromatic heterocycles. The molecule has 0 bridgehead atoms. The molecule has 3 aromatic rings. The van der Waals surface area contributed by atoms with E-state index in [1.54, 1.807) is 18.2 Å². The van der Waals surface area contributed by atoms with E-state index in [9.17, 15) is 10.4 Å². The van der Waals surface area contributed by atoms with Gasteiger partial charge >= 0.3 is 0 Å². The molecular weight excluding hydrogens is 288 g/mol. The minimum absolute atomic E-state index is 0.142. The number of rotatable bonds is 3. The van der Waals surface area contributed by atoms with Gasteiger partial charge < -0.3 is 9.84 Å². The lowest BCUT2D eigenvalue weighted by Crippen LogP contribution is -1.97. The number of phenolic OH excluding ortho intramolecular Hbond substituents is 1. The number of ether oxygens (including phenoxy) is 1. The van der Waals surface area contributed by atoms with Crippen molar-refractivity contribution >= 4 is 0 Å². The first-order valence-corrected chi connectivity index (χ1v) is 7.07. The van der Waals surface area contributed by atoms with Gasteiger partial charge in [-0.2, -0.15) is 5.26 Å². The Labute approximate surface area is 134 Å². The van der Waals surface area contributed by atoms with Crippen LogP contribution in [0.25, 0.3) is 22.4 Å². The molecule has 112 valence electrons. The van der Waals surface area contributed by atoms with Gasteiger partial charge in [0.05, 0.1) is 12.8 Å². The fourth-order valence-corrected chi connectivity index (χ4v) is 2.44. The van der Waals surface area contributed by atoms with Crippen molar-refractivity contribution in [3.05, 3.63) is 66.2 Å². The van der Waals surface area contributed by atoms with E-state index in [2.05, 4.69) is 11.1 Å². The summed E-state index contributed by atoms with van der Waals surface area (Å²) in [5, 5.41) is 19.2. The average molecular weight is 302 g/mol. The third kappa shape index (κ3) is 2.85. The maximum atomic E-state index is 9.72. The highest BCUT2D eigenvalue weighted by molar-refractivity contribution is 5.78. The van der Waals surface area contributed by atoms with Crippen LogP contribution in [0.2, 0.25) is 0 Å². The summed E-state index contributed by atoms with van der Waals surface area (Å²) >= 11 is 0. The third-order valence-electron chi connectivity index (χ3n) is 3.52. The zero-order valence-corrected chi connectivity index (χ0v) is 12.5. The summed E-state index contributed by atoms with van der Waals surface area (Å²) in [6, 6.07) is 20.4. The number of phenols is 1. The molecule has 0 saturated carbocycles. The van der Waals surface area contributed by atoms with E-state index in [1.165, 1.54) is 7.11 Å². The molecule has 0 radical (unpaired) electrons. The molecule has 2 aromatic carbocycles. The molecule has 0 aliphatic rings. The first-order valence-electron chi connectivity index (χ1n) is 7.07. The average Bonchev–Trinajstić information content (AvgIpc) is 2.61. The van der Waals surface area contributed by atoms with Gasteiger partial charge in [0, 0.05) is 11.1 Å². The molecule has 0 unspecified atom stereocenters. The lowest BCUT2D eigenvalue weighted by atomic mass is 9.98. The van der Waals surface area contributed by atoms with Crippen molar-refractivity contribution < 1.29 is 9.84 Å². The molecule has 4 heteroatoms. The van der Waals surface area contributed by atoms with Gasteiger partial charge in [-0.25, -0.2) is 4.98 Å². The molecule has 0 spiro atoms. The molecule has 0 saturated heterocycles. The molecule has 0 aliphatic carbocycles. The van der Waals surface area contributed by atoms with Crippen LogP contribution in [0.5, 0.6) is 11.6 Å². The summed E-state index contributed by atoms with van der Waals surface area (Å²) < 4.78 is 5.29. The van der Waals surface area contributed by atoms with Gasteiger partial charge in [0.15, 0.2) is 0 Å². The molecule has 1 heterocycles. The fourth-order valence-electron chi connectivity index (χ4n) is 2.44. The lowest BCUT2D eigenvalue weighted by molar-refractivity contribution is 0.397. The second-order valence-corrected chi connectivity index (χ2v) is 4.97. The number of hydrogen-bond acceptors (Lipinski definition) is 4. The van der Waals surface area contributed by atoms with Gasteiger partial charge in [-0.1, -0.05) is 42.5 Å². The number of aromatic nitrogens is 1. The molecule has 1 N–H and O–H groups in total. The van der Waals surface area contributed by atoms with Gasteiger partial charge in [-0.05, 0) is 23.8 Å². The zero-order chi connectivity index (χ0) is 16.2. The number of nitrogens with zero attached hydrogens (tertiary/aromatic N) is 2. The van der Waals surface area contributed by atoms with Gasteiger partial charge in [0.25, 0.3) is 0 Å². The summed E-state index contributed by atoms with van der Waals surface area (Å²) in [5.74, 6) is 0.413. The van der Waals surface area contributed by atoms with Crippen molar-refractivity contribution in [2.24, 2.45) is 0 Å². The number of aromatic hydroxyl groups is 1. The zero-order valence-electron chi connectivity index (χ0n) is 12.5. The van der Waals surface area contributed by atoms with Crippen molar-refractivity contribution in [3.63, 3.8) is 0 Å². The minimum Gasteiger partial charge on any atom is -0.508 e. The molecule has 3 rings (SSSR count). The molecular formula is C19H14N2O2. The number of nitriles is 1. The van der Waals surface area contributed by atoms with Crippen molar-refractivity contribution in [1.82, 2.24) is 4.98 Å². The molecule has 4 nitrogen and oxygen atoms in total. The largest absolute Gasteiger partial charge is 0.508 e. The first kappa shape index (κ1) is 14.6. The third-order valence-corrected chi connectivity index (χ3v) is 3.52. The molecule has 0 fully saturated rings. The number of methoxy groups -OCH3 is 1. The van der Waals surface area contributed by atoms with Gasteiger partial charge in [0.2, 0.25) is 5.88 Å². The molecule has 23 heavy (non-hydrogen) atoms. The first-order chi connectivity index (χ1) is 11.2. The van der Waals surface area contributed by atoms with Crippen LogP contribution in [0.1, 0.15) is 5.56 Å². The summed E-state index contributed by atoms with van der Waals surface area (Å²) in [4.78, 5) is 4.43. The van der Waals surface area contributed by atoms with Crippen molar-refractivity contribution in [3.8, 4) is 40.1 Å². The summed E-state index contributed by atoms with van der Waals surface area (Å²) in [6.07, 6.45) is 0. The van der Waals surface area contributed by atoms with Crippen LogP contribution in [0.3, 0.4) is 0 Å². The Balaban J connectivity index is 2.27. The van der Waals surface area contributed by atoms with E-state index in [0.717, 1.165) is 11.1 Å². The highest BCUT2D eigenvalue weighted by Crippen LogP contribution is 2.34. The van der Waals surface area contributed by atoms with Crippen LogP contribution in [0.15, 0.2) is 60.7 Å². The van der Waals surface area contributed by atoms with Crippen molar-refractivity contribution in [2.45, 2.75) is 0 Å². The van der Waals surface area contributed by atoms with Crippen LogP contribution in [-0.2, 0) is 0 Å². The van der Waals surface area contributed by atoms with Crippen LogP contribution in [-0.4, -0.2) is 17.2 Å². The fraction of sp³-hybridized carbons (Fsp3) is 0.0526. The second-order valence-electron chi connectivity index (χ2n) is 4.97. The predicted octanol–water partition coefficient (Wildman–Crippen LogP) is 4.00. The number of benzene rings is 2. The quantitative estimate of drug-likeness (QED) is 0.794. The van der Waals surface area contributed by atoms with E-state index in [4.69, 9.17) is 4.74 Å². The maximum Gasteiger partial charge on any atom is 0.232 e. The van der Waals surface area contributed by atoms with E-state index >= 15 is 0 Å². The summed E-state index contributed by atoms with van der Waals surface area (Å²) in [5.41, 5.74) is 3.39. The molecule has 0 amide bonds. The van der Waals surface area contributed by atoms with Crippen LogP contribution < -0.4 is 4.74 Å². The highest BCUT2D eigenvalue weighted by Gasteiger charge is 2.16. The lowest BCUT2D eigenvalue weighted by Gasteiger charge is -2.11. The Hall–Kier alpha value is -3.32. The van der Waals surface area contributed by atoms with Crippen LogP contribution in [0, 0.1) is 11.3 Å². The van der Waals surface area contributed by atoms with Gasteiger partial charge in [-0.15, -0.1) is 0 Å². The molecule has 0 aliphatic heterocycles. The van der Waals surface area contributed by atoms with Crippen LogP contribution >= 0.6 is 0 Å². The minimum atomic E-state index is 0.142. The summed E-state index contributed by atoms with van der Waals surface area (Å²) in [7, 11) is 1.49. The Bertz CT molecular complexity index is 884. The maximum absolute atomic E-state index is 9.72. The van der Waals surface area contributed by atoms with Crippen LogP contribution in [0.4, 0.5) is 0 Å². The van der Waals surface area contributed by atoms with Gasteiger partial charge in [0.1, 0.15) is 17.4 Å². The monoisotopic (exact) mass is 302 g/mol. The van der Waals surface area contributed by atoms with E-state index in [1.807, 2.05) is 42.5 Å². The Morgan fingerprint density at radius 2 is 1.74 bits per heavy atom. The van der Waals surface area contributed by atoms with Gasteiger partial charge in [-0.3, -0.25) is 0 Å². The Kier molecular flexibility index (Phi) is 3.94. The Morgan fingerprint density at radius 1 is 1.00 bits per heavy atom. The normalized spacial score (nSPS) is 10.1. The van der Waals surface area contributed by atoms with E-state index in [0.29, 0.717) is 16.8 Å². The van der Waals surface area contributed by atoms with Crippen molar-refractivity contribution in [2.75, 3.05) is 7.11 Å². The van der Waals surface area contributed by atoms with Crippen molar-refractivity contribution in [1.29, 1.82) is 5.26 Å². The van der Waals surface area contributed by atoms with E-state index < -0.39 is 0 Å². The topological polar surface area (TPSA) is 66.1 Å². The highest BCUT2D eigenvalue weighted by atomic mass is 16.5. The smallest absolute Gasteiger partial charge is 0.232 e. The second kappa shape index (κ2) is 6.20. The van der Waals surface area contributed by atoms with E-state index in [-0.39, 0.29) is 11.6 Å². The SMILES string of the molecule is COc1nc(-c2ccccc2)cc(-c2cccc(O)c2)c1C#N. The predicted molar refractivity (Wildman–Crippen MR) is 88.0 cm³/mol. The summed E-state index contributed by atoms with van der Waals surface area (Å²) in [6.45, 7) is 0. The molecule has 0 atom stereocenters. The standard InChI is InChI=1S/C19H14N2O2/c1-23-19-17(12-20)16(14-8-5-9-15(22)10-14)11-18(21-19)13-6-3-2-4-7-13/h2-11,22H,1H3. The number of hydrogen-bond donors (Lipinski definition) is 1.